The van der Waals surface area contributed by atoms with E-state index in [9.17, 15) is 4.79 Å². The maximum absolute atomic E-state index is 12.5. The molecular formula is C15H26N4O. The Bertz CT molecular complexity index is 383. The van der Waals surface area contributed by atoms with Crippen LogP contribution in [0.3, 0.4) is 0 Å². The van der Waals surface area contributed by atoms with Gasteiger partial charge >= 0.3 is 0 Å². The van der Waals surface area contributed by atoms with Crippen LogP contribution < -0.4 is 16.0 Å². The molecule has 0 aliphatic carbocycles. The van der Waals surface area contributed by atoms with Crippen molar-refractivity contribution in [3.63, 3.8) is 0 Å². The maximum atomic E-state index is 12.5. The van der Waals surface area contributed by atoms with Crippen LogP contribution in [0.1, 0.15) is 15.9 Å². The van der Waals surface area contributed by atoms with Crippen molar-refractivity contribution in [2.45, 2.75) is 6.54 Å². The van der Waals surface area contributed by atoms with Crippen LogP contribution in [-0.4, -0.2) is 58.1 Å². The molecule has 20 heavy (non-hydrogen) atoms. The molecule has 0 unspecified atom stereocenters. The molecule has 3 N–H and O–H groups in total. The van der Waals surface area contributed by atoms with Gasteiger partial charge < -0.3 is 20.9 Å². The lowest BCUT2D eigenvalue weighted by Crippen LogP contribution is -2.39. The van der Waals surface area contributed by atoms with Crippen molar-refractivity contribution < 1.29 is 4.79 Å². The van der Waals surface area contributed by atoms with Crippen LogP contribution in [0.2, 0.25) is 0 Å². The Morgan fingerprint density at radius 2 is 1.50 bits per heavy atom. The van der Waals surface area contributed by atoms with Gasteiger partial charge in [0.2, 0.25) is 0 Å². The number of hydrogen-bond donors (Lipinski definition) is 3. The lowest BCUT2D eigenvalue weighted by atomic mass is 10.1. The predicted molar refractivity (Wildman–Crippen MR) is 83.0 cm³/mol. The van der Waals surface area contributed by atoms with Gasteiger partial charge in [-0.1, -0.05) is 12.1 Å². The summed E-state index contributed by atoms with van der Waals surface area (Å²) in [5.41, 5.74) is 1.93. The highest BCUT2D eigenvalue weighted by atomic mass is 16.2. The van der Waals surface area contributed by atoms with Gasteiger partial charge in [0.25, 0.3) is 5.91 Å². The minimum Gasteiger partial charge on any atom is -0.336 e. The van der Waals surface area contributed by atoms with Crippen LogP contribution in [0, 0.1) is 0 Å². The Balaban J connectivity index is 2.71. The number of rotatable bonds is 9. The van der Waals surface area contributed by atoms with Gasteiger partial charge in [0.05, 0.1) is 0 Å². The van der Waals surface area contributed by atoms with Crippen molar-refractivity contribution in [3.05, 3.63) is 35.4 Å². The van der Waals surface area contributed by atoms with Gasteiger partial charge in [0, 0.05) is 38.3 Å². The molecule has 1 amide bonds. The summed E-state index contributed by atoms with van der Waals surface area (Å²) in [7, 11) is 5.71. The molecule has 5 heteroatoms. The number of nitrogens with zero attached hydrogens (tertiary/aromatic N) is 1. The third kappa shape index (κ3) is 5.28. The van der Waals surface area contributed by atoms with Gasteiger partial charge in [-0.15, -0.1) is 0 Å². The van der Waals surface area contributed by atoms with Gasteiger partial charge in [0.1, 0.15) is 0 Å². The first-order valence-electron chi connectivity index (χ1n) is 7.05. The fraction of sp³-hybridized carbons (Fsp3) is 0.533. The van der Waals surface area contributed by atoms with E-state index in [-0.39, 0.29) is 5.91 Å². The topological polar surface area (TPSA) is 56.4 Å². The predicted octanol–water partition coefficient (Wildman–Crippen LogP) is 0.287. The number of carbonyl (C=O) groups is 1. The van der Waals surface area contributed by atoms with Gasteiger partial charge in [0.15, 0.2) is 0 Å². The van der Waals surface area contributed by atoms with E-state index in [2.05, 4.69) is 16.0 Å². The smallest absolute Gasteiger partial charge is 0.253 e. The van der Waals surface area contributed by atoms with E-state index in [1.54, 1.807) is 0 Å². The van der Waals surface area contributed by atoms with Gasteiger partial charge in [-0.25, -0.2) is 0 Å². The first-order chi connectivity index (χ1) is 9.72. The lowest BCUT2D eigenvalue weighted by molar-refractivity contribution is 0.0760. The molecule has 5 nitrogen and oxygen atoms in total. The van der Waals surface area contributed by atoms with Crippen molar-refractivity contribution in [3.8, 4) is 0 Å². The molecule has 0 atom stereocenters. The number of likely N-dealkylation sites (N-methyl/N-ethyl adjacent to an activating group) is 2. The van der Waals surface area contributed by atoms with Crippen molar-refractivity contribution in [1.29, 1.82) is 0 Å². The first kappa shape index (κ1) is 16.6. The Morgan fingerprint density at radius 1 is 0.950 bits per heavy atom. The van der Waals surface area contributed by atoms with Crippen molar-refractivity contribution in [1.82, 2.24) is 20.9 Å². The van der Waals surface area contributed by atoms with E-state index in [1.165, 1.54) is 5.56 Å². The van der Waals surface area contributed by atoms with E-state index in [0.29, 0.717) is 0 Å². The summed E-state index contributed by atoms with van der Waals surface area (Å²) in [4.78, 5) is 14.4. The normalized spacial score (nSPS) is 10.6. The lowest BCUT2D eigenvalue weighted by Gasteiger charge is -2.22. The van der Waals surface area contributed by atoms with E-state index in [1.807, 2.05) is 50.3 Å². The minimum absolute atomic E-state index is 0.0894. The first-order valence-corrected chi connectivity index (χ1v) is 7.05. The quantitative estimate of drug-likeness (QED) is 0.608. The molecule has 112 valence electrons. The molecule has 0 radical (unpaired) electrons. The molecule has 1 rings (SSSR count). The highest BCUT2D eigenvalue weighted by Crippen LogP contribution is 2.07. The average Bonchev–Trinajstić information content (AvgIpc) is 2.48. The third-order valence-corrected chi connectivity index (χ3v) is 3.13. The monoisotopic (exact) mass is 278 g/mol. The Kier molecular flexibility index (Phi) is 7.87. The zero-order valence-electron chi connectivity index (χ0n) is 12.7. The largest absolute Gasteiger partial charge is 0.336 e. The molecule has 0 aliphatic heterocycles. The zero-order chi connectivity index (χ0) is 14.8. The molecule has 0 heterocycles. The molecule has 0 fully saturated rings. The summed E-state index contributed by atoms with van der Waals surface area (Å²) < 4.78 is 0. The SMILES string of the molecule is CNCCN(CCNC)C(=O)c1ccc(CNC)cc1. The van der Waals surface area contributed by atoms with Gasteiger partial charge in [-0.3, -0.25) is 4.79 Å². The molecule has 0 bridgehead atoms. The van der Waals surface area contributed by atoms with E-state index in [0.717, 1.165) is 38.3 Å². The van der Waals surface area contributed by atoms with Gasteiger partial charge in [-0.2, -0.15) is 0 Å². The van der Waals surface area contributed by atoms with Crippen LogP contribution in [0.5, 0.6) is 0 Å². The van der Waals surface area contributed by atoms with Crippen molar-refractivity contribution >= 4 is 5.91 Å². The molecular weight excluding hydrogens is 252 g/mol. The molecule has 0 aliphatic rings. The molecule has 0 aromatic heterocycles. The van der Waals surface area contributed by atoms with Gasteiger partial charge in [-0.05, 0) is 38.8 Å². The molecule has 1 aromatic carbocycles. The standard InChI is InChI=1S/C15H26N4O/c1-16-8-10-19(11-9-17-2)15(20)14-6-4-13(5-7-14)12-18-3/h4-7,16-18H,8-12H2,1-3H3. The second-order valence-electron chi connectivity index (χ2n) is 4.73. The maximum Gasteiger partial charge on any atom is 0.253 e. The molecule has 0 saturated heterocycles. The summed E-state index contributed by atoms with van der Waals surface area (Å²) >= 11 is 0. The van der Waals surface area contributed by atoms with Crippen LogP contribution in [0.25, 0.3) is 0 Å². The van der Waals surface area contributed by atoms with Crippen molar-refractivity contribution in [2.24, 2.45) is 0 Å². The summed E-state index contributed by atoms with van der Waals surface area (Å²) in [6, 6.07) is 7.80. The molecule has 0 saturated carbocycles. The van der Waals surface area contributed by atoms with E-state index < -0.39 is 0 Å². The third-order valence-electron chi connectivity index (χ3n) is 3.13. The average molecular weight is 278 g/mol. The fourth-order valence-corrected chi connectivity index (χ4v) is 1.96. The molecule has 0 spiro atoms. The van der Waals surface area contributed by atoms with Crippen molar-refractivity contribution in [2.75, 3.05) is 47.3 Å². The Hall–Kier alpha value is -1.43. The highest BCUT2D eigenvalue weighted by molar-refractivity contribution is 5.94. The summed E-state index contributed by atoms with van der Waals surface area (Å²) in [5.74, 6) is 0.0894. The van der Waals surface area contributed by atoms with Crippen LogP contribution in [0.4, 0.5) is 0 Å². The Labute approximate surface area is 121 Å². The summed E-state index contributed by atoms with van der Waals surface area (Å²) in [6.07, 6.45) is 0. The van der Waals surface area contributed by atoms with E-state index in [4.69, 9.17) is 0 Å². The number of hydrogen-bond acceptors (Lipinski definition) is 4. The summed E-state index contributed by atoms with van der Waals surface area (Å²) in [6.45, 7) is 3.85. The Morgan fingerprint density at radius 3 is 1.95 bits per heavy atom. The number of benzene rings is 1. The van der Waals surface area contributed by atoms with Crippen LogP contribution in [-0.2, 0) is 6.54 Å². The van der Waals surface area contributed by atoms with Crippen LogP contribution in [0.15, 0.2) is 24.3 Å². The zero-order valence-corrected chi connectivity index (χ0v) is 12.7. The minimum atomic E-state index is 0.0894. The van der Waals surface area contributed by atoms with Crippen LogP contribution >= 0.6 is 0 Å². The second kappa shape index (κ2) is 9.47. The number of nitrogens with one attached hydrogen (secondary N) is 3. The molecule has 1 aromatic rings. The summed E-state index contributed by atoms with van der Waals surface area (Å²) in [5, 5.41) is 9.27. The van der Waals surface area contributed by atoms with E-state index >= 15 is 0 Å². The number of carbonyl (C=O) groups excluding carboxylic acids is 1. The second-order valence-corrected chi connectivity index (χ2v) is 4.73. The fourth-order valence-electron chi connectivity index (χ4n) is 1.96. The number of amides is 1. The highest BCUT2D eigenvalue weighted by Gasteiger charge is 2.14.